The second-order valence-corrected chi connectivity index (χ2v) is 4.60. The van der Waals surface area contributed by atoms with Crippen LogP contribution in [0.25, 0.3) is 11.3 Å². The number of carbonyl (C=O) groups excluding carboxylic acids is 1. The van der Waals surface area contributed by atoms with E-state index in [-0.39, 0.29) is 10.2 Å². The van der Waals surface area contributed by atoms with Crippen molar-refractivity contribution in [2.45, 2.75) is 13.1 Å². The molecule has 0 radical (unpaired) electrons. The normalized spacial score (nSPS) is 11.6. The lowest BCUT2D eigenvalue weighted by Crippen LogP contribution is -2.12. The minimum atomic E-state index is -4.62. The fourth-order valence-electron chi connectivity index (χ4n) is 1.65. The van der Waals surface area contributed by atoms with Crippen molar-refractivity contribution in [2.24, 2.45) is 0 Å². The summed E-state index contributed by atoms with van der Waals surface area (Å²) in [7, 11) is 0. The Labute approximate surface area is 115 Å². The molecule has 2 aromatic rings. The van der Waals surface area contributed by atoms with Crippen LogP contribution in [0.5, 0.6) is 0 Å². The van der Waals surface area contributed by atoms with Crippen molar-refractivity contribution >= 4 is 21.8 Å². The zero-order chi connectivity index (χ0) is 14.2. The van der Waals surface area contributed by atoms with Gasteiger partial charge in [0.2, 0.25) is 5.91 Å². The molecule has 0 atom stereocenters. The standard InChI is InChI=1S/C12H8BrF3N2O/c1-7(19)18-10(8-5-3-2-4-6-8)9(13)11(17-18)12(14,15)16/h2-6H,1H3. The molecule has 0 fully saturated rings. The van der Waals surface area contributed by atoms with Crippen molar-refractivity contribution in [1.82, 2.24) is 9.78 Å². The number of aromatic nitrogens is 2. The Hall–Kier alpha value is -1.63. The van der Waals surface area contributed by atoms with Gasteiger partial charge in [-0.05, 0) is 15.9 Å². The molecule has 0 N–H and O–H groups in total. The van der Waals surface area contributed by atoms with Gasteiger partial charge in [0.05, 0.1) is 10.2 Å². The number of halogens is 4. The second-order valence-electron chi connectivity index (χ2n) is 3.81. The van der Waals surface area contributed by atoms with E-state index in [0.29, 0.717) is 5.56 Å². The zero-order valence-electron chi connectivity index (χ0n) is 9.70. The molecule has 3 nitrogen and oxygen atoms in total. The van der Waals surface area contributed by atoms with Gasteiger partial charge in [-0.1, -0.05) is 30.3 Å². The first kappa shape index (κ1) is 13.8. The molecule has 1 aromatic carbocycles. The molecule has 0 aliphatic heterocycles. The number of hydrogen-bond donors (Lipinski definition) is 0. The Morgan fingerprint density at radius 1 is 1.26 bits per heavy atom. The Morgan fingerprint density at radius 2 is 1.84 bits per heavy atom. The molecule has 19 heavy (non-hydrogen) atoms. The van der Waals surface area contributed by atoms with Crippen LogP contribution in [-0.4, -0.2) is 15.7 Å². The van der Waals surface area contributed by atoms with Gasteiger partial charge in [0.1, 0.15) is 0 Å². The van der Waals surface area contributed by atoms with Gasteiger partial charge in [0, 0.05) is 12.5 Å². The second kappa shape index (κ2) is 4.80. The van der Waals surface area contributed by atoms with Crippen LogP contribution in [-0.2, 0) is 6.18 Å². The molecule has 0 bridgehead atoms. The van der Waals surface area contributed by atoms with Crippen LogP contribution < -0.4 is 0 Å². The lowest BCUT2D eigenvalue weighted by molar-refractivity contribution is -0.141. The van der Waals surface area contributed by atoms with Gasteiger partial charge in [-0.2, -0.15) is 23.0 Å². The van der Waals surface area contributed by atoms with E-state index in [0.717, 1.165) is 11.6 Å². The quantitative estimate of drug-likeness (QED) is 0.791. The molecule has 1 aromatic heterocycles. The molecule has 0 amide bonds. The van der Waals surface area contributed by atoms with E-state index in [1.54, 1.807) is 30.3 Å². The van der Waals surface area contributed by atoms with E-state index in [9.17, 15) is 18.0 Å². The summed E-state index contributed by atoms with van der Waals surface area (Å²) < 4.78 is 38.9. The molecular weight excluding hydrogens is 325 g/mol. The number of hydrogen-bond acceptors (Lipinski definition) is 2. The average molecular weight is 333 g/mol. The van der Waals surface area contributed by atoms with Gasteiger partial charge in [-0.15, -0.1) is 0 Å². The number of alkyl halides is 3. The van der Waals surface area contributed by atoms with Gasteiger partial charge in [0.25, 0.3) is 0 Å². The average Bonchev–Trinajstić information content (AvgIpc) is 2.68. The molecule has 0 aliphatic rings. The van der Waals surface area contributed by atoms with Crippen LogP contribution in [0.4, 0.5) is 13.2 Å². The smallest absolute Gasteiger partial charge is 0.273 e. The summed E-state index contributed by atoms with van der Waals surface area (Å²) in [4.78, 5) is 11.4. The first-order valence-electron chi connectivity index (χ1n) is 5.24. The van der Waals surface area contributed by atoms with Crippen molar-refractivity contribution in [2.75, 3.05) is 0 Å². The predicted octanol–water partition coefficient (Wildman–Crippen LogP) is 3.99. The first-order valence-corrected chi connectivity index (χ1v) is 6.03. The molecule has 0 saturated heterocycles. The molecule has 100 valence electrons. The maximum atomic E-state index is 12.8. The third kappa shape index (κ3) is 2.56. The fourth-order valence-corrected chi connectivity index (χ4v) is 2.35. The van der Waals surface area contributed by atoms with Crippen LogP contribution >= 0.6 is 15.9 Å². The van der Waals surface area contributed by atoms with Gasteiger partial charge >= 0.3 is 6.18 Å². The van der Waals surface area contributed by atoms with Crippen LogP contribution in [0.3, 0.4) is 0 Å². The maximum absolute atomic E-state index is 12.8. The molecule has 2 rings (SSSR count). The third-order valence-electron chi connectivity index (χ3n) is 2.44. The van der Waals surface area contributed by atoms with Gasteiger partial charge < -0.3 is 0 Å². The largest absolute Gasteiger partial charge is 0.436 e. The highest BCUT2D eigenvalue weighted by Gasteiger charge is 2.39. The van der Waals surface area contributed by atoms with E-state index in [2.05, 4.69) is 21.0 Å². The molecule has 0 saturated carbocycles. The molecule has 1 heterocycles. The molecule has 0 unspecified atom stereocenters. The lowest BCUT2D eigenvalue weighted by Gasteiger charge is -2.04. The summed E-state index contributed by atoms with van der Waals surface area (Å²) >= 11 is 2.89. The fraction of sp³-hybridized carbons (Fsp3) is 0.167. The molecule has 7 heteroatoms. The minimum absolute atomic E-state index is 0.0976. The van der Waals surface area contributed by atoms with Gasteiger partial charge in [0.15, 0.2) is 5.69 Å². The van der Waals surface area contributed by atoms with Crippen molar-refractivity contribution in [3.8, 4) is 11.3 Å². The monoisotopic (exact) mass is 332 g/mol. The highest BCUT2D eigenvalue weighted by Crippen LogP contribution is 2.39. The van der Waals surface area contributed by atoms with Crippen molar-refractivity contribution in [1.29, 1.82) is 0 Å². The summed E-state index contributed by atoms with van der Waals surface area (Å²) in [5.41, 5.74) is -0.533. The SMILES string of the molecule is CC(=O)n1nc(C(F)(F)F)c(Br)c1-c1ccccc1. The summed E-state index contributed by atoms with van der Waals surface area (Å²) in [6.45, 7) is 1.16. The van der Waals surface area contributed by atoms with E-state index >= 15 is 0 Å². The Balaban J connectivity index is 2.73. The Morgan fingerprint density at radius 3 is 2.32 bits per heavy atom. The van der Waals surface area contributed by atoms with E-state index in [1.165, 1.54) is 0 Å². The van der Waals surface area contributed by atoms with E-state index in [1.807, 2.05) is 0 Å². The van der Waals surface area contributed by atoms with Crippen LogP contribution in [0.1, 0.15) is 17.4 Å². The number of benzene rings is 1. The first-order chi connectivity index (χ1) is 8.82. The minimum Gasteiger partial charge on any atom is -0.273 e. The summed E-state index contributed by atoms with van der Waals surface area (Å²) in [5, 5.41) is 3.35. The van der Waals surface area contributed by atoms with E-state index < -0.39 is 17.8 Å². The predicted molar refractivity (Wildman–Crippen MR) is 66.7 cm³/mol. The van der Waals surface area contributed by atoms with Crippen molar-refractivity contribution in [3.63, 3.8) is 0 Å². The lowest BCUT2D eigenvalue weighted by atomic mass is 10.1. The molecular formula is C12H8BrF3N2O. The highest BCUT2D eigenvalue weighted by atomic mass is 79.9. The highest BCUT2D eigenvalue weighted by molar-refractivity contribution is 9.10. The van der Waals surface area contributed by atoms with E-state index in [4.69, 9.17) is 0 Å². The number of rotatable bonds is 1. The van der Waals surface area contributed by atoms with Crippen LogP contribution in [0.2, 0.25) is 0 Å². The summed E-state index contributed by atoms with van der Waals surface area (Å²) in [6.07, 6.45) is -4.62. The van der Waals surface area contributed by atoms with Gasteiger partial charge in [-0.3, -0.25) is 4.79 Å². The number of carbonyl (C=O) groups is 1. The molecule has 0 aliphatic carbocycles. The zero-order valence-corrected chi connectivity index (χ0v) is 11.3. The molecule has 0 spiro atoms. The van der Waals surface area contributed by atoms with Crippen molar-refractivity contribution in [3.05, 3.63) is 40.5 Å². The Kier molecular flexibility index (Phi) is 3.49. The topological polar surface area (TPSA) is 34.9 Å². The van der Waals surface area contributed by atoms with Crippen molar-refractivity contribution < 1.29 is 18.0 Å². The Bertz CT molecular complexity index is 620. The summed E-state index contributed by atoms with van der Waals surface area (Å²) in [5.74, 6) is -0.588. The maximum Gasteiger partial charge on any atom is 0.436 e. The third-order valence-corrected chi connectivity index (χ3v) is 3.19. The van der Waals surface area contributed by atoms with Crippen LogP contribution in [0.15, 0.2) is 34.8 Å². The van der Waals surface area contributed by atoms with Crippen LogP contribution in [0, 0.1) is 0 Å². The summed E-state index contributed by atoms with van der Waals surface area (Å²) in [6, 6.07) is 8.30. The number of nitrogens with zero attached hydrogens (tertiary/aromatic N) is 2. The van der Waals surface area contributed by atoms with Gasteiger partial charge in [-0.25, -0.2) is 0 Å².